The summed E-state index contributed by atoms with van der Waals surface area (Å²) in [5.41, 5.74) is 3.47. The van der Waals surface area contributed by atoms with Gasteiger partial charge in [-0.05, 0) is 53.4 Å². The van der Waals surface area contributed by atoms with Crippen LogP contribution in [0.2, 0.25) is 0 Å². The van der Waals surface area contributed by atoms with E-state index in [0.717, 1.165) is 26.7 Å². The number of imidazole rings is 1. The number of carbonyl (C=O) groups is 1. The van der Waals surface area contributed by atoms with Crippen molar-refractivity contribution in [3.05, 3.63) is 90.9 Å². The average molecular weight is 449 g/mol. The highest BCUT2D eigenvalue weighted by Gasteiger charge is 2.42. The van der Waals surface area contributed by atoms with Crippen LogP contribution in [-0.2, 0) is 21.2 Å². The first-order valence-corrected chi connectivity index (χ1v) is 11.4. The summed E-state index contributed by atoms with van der Waals surface area (Å²) in [6.07, 6.45) is 7.06. The van der Waals surface area contributed by atoms with Crippen LogP contribution in [-0.4, -0.2) is 39.9 Å². The van der Waals surface area contributed by atoms with Crippen LogP contribution in [0.1, 0.15) is 17.4 Å². The first kappa shape index (κ1) is 20.2. The van der Waals surface area contributed by atoms with E-state index in [4.69, 9.17) is 4.42 Å². The van der Waals surface area contributed by atoms with Gasteiger partial charge in [-0.2, -0.15) is 4.31 Å². The number of carboxylic acids is 1. The average Bonchev–Trinajstić information content (AvgIpc) is 3.50. The van der Waals surface area contributed by atoms with Gasteiger partial charge < -0.3 is 14.1 Å². The van der Waals surface area contributed by atoms with Crippen LogP contribution < -0.4 is 0 Å². The Hall–Kier alpha value is -3.69. The Balaban J connectivity index is 1.42. The molecule has 5 rings (SSSR count). The monoisotopic (exact) mass is 449 g/mol. The zero-order chi connectivity index (χ0) is 22.3. The van der Waals surface area contributed by atoms with Crippen molar-refractivity contribution in [1.29, 1.82) is 0 Å². The zero-order valence-corrected chi connectivity index (χ0v) is 17.6. The van der Waals surface area contributed by atoms with E-state index >= 15 is 0 Å². The maximum atomic E-state index is 13.3. The van der Waals surface area contributed by atoms with Gasteiger partial charge in [-0.25, -0.2) is 18.2 Å². The Bertz CT molecular complexity index is 1360. The number of sulfonamides is 1. The highest BCUT2D eigenvalue weighted by atomic mass is 32.2. The first-order chi connectivity index (χ1) is 15.4. The topological polar surface area (TPSA) is 106 Å². The molecule has 1 aliphatic rings. The van der Waals surface area contributed by atoms with Crippen molar-refractivity contribution < 1.29 is 22.7 Å². The third-order valence-corrected chi connectivity index (χ3v) is 7.50. The Morgan fingerprint density at radius 1 is 1.03 bits per heavy atom. The number of aromatic nitrogens is 2. The molecular formula is C23H19N3O5S. The molecule has 1 atom stereocenters. The van der Waals surface area contributed by atoms with Crippen molar-refractivity contribution in [3.63, 3.8) is 0 Å². The van der Waals surface area contributed by atoms with Crippen LogP contribution in [0.15, 0.2) is 88.9 Å². The highest BCUT2D eigenvalue weighted by Crippen LogP contribution is 2.35. The lowest BCUT2D eigenvalue weighted by molar-refractivity contribution is -0.142. The Morgan fingerprint density at radius 2 is 1.72 bits per heavy atom. The third kappa shape index (κ3) is 3.41. The smallest absolute Gasteiger partial charge is 0.329 e. The van der Waals surface area contributed by atoms with Gasteiger partial charge in [0, 0.05) is 24.6 Å². The highest BCUT2D eigenvalue weighted by molar-refractivity contribution is 7.89. The van der Waals surface area contributed by atoms with Crippen LogP contribution >= 0.6 is 0 Å². The number of nitrogens with zero attached hydrogens (tertiary/aromatic N) is 3. The minimum Gasteiger partial charge on any atom is -0.480 e. The summed E-state index contributed by atoms with van der Waals surface area (Å²) < 4.78 is 34.7. The molecular weight excluding hydrogens is 430 g/mol. The van der Waals surface area contributed by atoms with Gasteiger partial charge in [-0.3, -0.25) is 0 Å². The molecule has 0 spiro atoms. The van der Waals surface area contributed by atoms with Crippen molar-refractivity contribution in [3.8, 4) is 16.8 Å². The number of hydrogen-bond acceptors (Lipinski definition) is 5. The molecule has 1 N–H and O–H groups in total. The van der Waals surface area contributed by atoms with Crippen molar-refractivity contribution in [2.45, 2.75) is 17.4 Å². The SMILES string of the molecule is O=C(O)C1c2occc2CCN1S(=O)(=O)c1ccc(-c2ccc(-n3ccnc3)cc2)cc1. The minimum absolute atomic E-state index is 0.0394. The van der Waals surface area contributed by atoms with Crippen LogP contribution in [0.5, 0.6) is 0 Å². The molecule has 8 nitrogen and oxygen atoms in total. The van der Waals surface area contributed by atoms with Crippen molar-refractivity contribution in [2.24, 2.45) is 0 Å². The van der Waals surface area contributed by atoms with Crippen molar-refractivity contribution in [2.75, 3.05) is 6.54 Å². The second kappa shape index (κ2) is 7.77. The molecule has 0 bridgehead atoms. The quantitative estimate of drug-likeness (QED) is 0.500. The van der Waals surface area contributed by atoms with Gasteiger partial charge >= 0.3 is 5.97 Å². The summed E-state index contributed by atoms with van der Waals surface area (Å²) in [6.45, 7) is 0.0727. The molecule has 0 radical (unpaired) electrons. The summed E-state index contributed by atoms with van der Waals surface area (Å²) in [5, 5.41) is 9.70. The summed E-state index contributed by atoms with van der Waals surface area (Å²) in [5.74, 6) is -1.10. The Labute approximate surface area is 184 Å². The molecule has 0 saturated carbocycles. The number of rotatable bonds is 5. The van der Waals surface area contributed by atoms with Crippen LogP contribution in [0.25, 0.3) is 16.8 Å². The fourth-order valence-corrected chi connectivity index (χ4v) is 5.52. The van der Waals surface area contributed by atoms with E-state index in [1.165, 1.54) is 18.4 Å². The summed E-state index contributed by atoms with van der Waals surface area (Å²) in [7, 11) is -4.03. The van der Waals surface area contributed by atoms with E-state index in [-0.39, 0.29) is 17.2 Å². The third-order valence-electron chi connectivity index (χ3n) is 5.62. The first-order valence-electron chi connectivity index (χ1n) is 9.95. The fourth-order valence-electron chi connectivity index (χ4n) is 3.97. The van der Waals surface area contributed by atoms with Crippen molar-refractivity contribution >= 4 is 16.0 Å². The van der Waals surface area contributed by atoms with Crippen LogP contribution in [0, 0.1) is 0 Å². The number of furan rings is 1. The van der Waals surface area contributed by atoms with Crippen LogP contribution in [0.3, 0.4) is 0 Å². The largest absolute Gasteiger partial charge is 0.480 e. The normalized spacial score (nSPS) is 16.6. The van der Waals surface area contributed by atoms with E-state index in [9.17, 15) is 18.3 Å². The molecule has 0 aliphatic carbocycles. The van der Waals surface area contributed by atoms with E-state index in [0.29, 0.717) is 6.42 Å². The van der Waals surface area contributed by atoms with Crippen molar-refractivity contribution in [1.82, 2.24) is 13.9 Å². The summed E-state index contributed by atoms with van der Waals surface area (Å²) in [6, 6.07) is 14.5. The van der Waals surface area contributed by atoms with E-state index < -0.39 is 22.0 Å². The maximum Gasteiger partial charge on any atom is 0.329 e. The number of aliphatic carboxylic acids is 1. The zero-order valence-electron chi connectivity index (χ0n) is 16.8. The molecule has 162 valence electrons. The predicted octanol–water partition coefficient (Wildman–Crippen LogP) is 3.51. The standard InChI is InChI=1S/C23H19N3O5S/c27-23(28)21-22-18(10-14-31-22)9-12-26(21)32(29,30)20-7-3-17(4-8-20)16-1-5-19(6-2-16)25-13-11-24-15-25/h1-8,10-11,13-15,21H,9,12H2,(H,27,28). The van der Waals surface area contributed by atoms with E-state index in [1.807, 2.05) is 35.0 Å². The van der Waals surface area contributed by atoms with E-state index in [1.54, 1.807) is 30.7 Å². The Morgan fingerprint density at radius 3 is 2.34 bits per heavy atom. The van der Waals surface area contributed by atoms with Gasteiger partial charge in [0.15, 0.2) is 6.04 Å². The molecule has 1 aliphatic heterocycles. The van der Waals surface area contributed by atoms with Gasteiger partial charge in [0.25, 0.3) is 0 Å². The maximum absolute atomic E-state index is 13.3. The van der Waals surface area contributed by atoms with Gasteiger partial charge in [-0.15, -0.1) is 0 Å². The molecule has 3 heterocycles. The summed E-state index contributed by atoms with van der Waals surface area (Å²) in [4.78, 5) is 16.0. The number of hydrogen-bond donors (Lipinski definition) is 1. The second-order valence-corrected chi connectivity index (χ2v) is 9.35. The van der Waals surface area contributed by atoms with E-state index in [2.05, 4.69) is 4.98 Å². The molecule has 2 aromatic heterocycles. The molecule has 32 heavy (non-hydrogen) atoms. The number of benzene rings is 2. The second-order valence-electron chi connectivity index (χ2n) is 7.46. The Kier molecular flexibility index (Phi) is 4.91. The molecule has 4 aromatic rings. The van der Waals surface area contributed by atoms with Gasteiger partial charge in [0.1, 0.15) is 5.76 Å². The predicted molar refractivity (Wildman–Crippen MR) is 116 cm³/mol. The lowest BCUT2D eigenvalue weighted by atomic mass is 10.0. The molecule has 2 aromatic carbocycles. The molecule has 9 heteroatoms. The molecule has 1 unspecified atom stereocenters. The molecule has 0 saturated heterocycles. The van der Waals surface area contributed by atoms with Gasteiger partial charge in [0.2, 0.25) is 10.0 Å². The minimum atomic E-state index is -4.03. The van der Waals surface area contributed by atoms with Crippen LogP contribution in [0.4, 0.5) is 0 Å². The lowest BCUT2D eigenvalue weighted by Gasteiger charge is -2.31. The lowest BCUT2D eigenvalue weighted by Crippen LogP contribution is -2.43. The molecule has 0 amide bonds. The molecule has 0 fully saturated rings. The van der Waals surface area contributed by atoms with Gasteiger partial charge in [0.05, 0.1) is 17.5 Å². The fraction of sp³-hybridized carbons (Fsp3) is 0.130. The number of fused-ring (bicyclic) bond motifs is 1. The summed E-state index contributed by atoms with van der Waals surface area (Å²) >= 11 is 0. The number of carboxylic acid groups (broad SMARTS) is 1. The van der Waals surface area contributed by atoms with Gasteiger partial charge in [-0.1, -0.05) is 24.3 Å².